The Hall–Kier alpha value is -1.10. The lowest BCUT2D eigenvalue weighted by Crippen LogP contribution is -2.28. The minimum Gasteiger partial charge on any atom is -0.494 e. The van der Waals surface area contributed by atoms with Crippen LogP contribution in [0.5, 0.6) is 5.75 Å². The second-order valence-corrected chi connectivity index (χ2v) is 4.68. The molecular weight excluding hydrogens is 254 g/mol. The Morgan fingerprint density at radius 3 is 2.55 bits per heavy atom. The predicted molar refractivity (Wildman–Crippen MR) is 81.3 cm³/mol. The maximum absolute atomic E-state index is 5.84. The van der Waals surface area contributed by atoms with Crippen molar-refractivity contribution in [2.75, 3.05) is 33.5 Å². The Balaban J connectivity index is 2.74. The van der Waals surface area contributed by atoms with Gasteiger partial charge in [-0.2, -0.15) is 0 Å². The zero-order valence-corrected chi connectivity index (χ0v) is 13.0. The second kappa shape index (κ2) is 9.75. The molecule has 0 saturated heterocycles. The van der Waals surface area contributed by atoms with Crippen molar-refractivity contribution in [3.8, 4) is 5.75 Å². The van der Waals surface area contributed by atoms with Gasteiger partial charge in [-0.05, 0) is 26.5 Å². The zero-order valence-electron chi connectivity index (χ0n) is 13.0. The van der Waals surface area contributed by atoms with Crippen LogP contribution in [0.15, 0.2) is 24.3 Å². The molecule has 4 heteroatoms. The molecule has 1 aromatic rings. The van der Waals surface area contributed by atoms with Crippen LogP contribution in [0, 0.1) is 0 Å². The summed E-state index contributed by atoms with van der Waals surface area (Å²) in [6.45, 7) is 8.85. The molecule has 0 aliphatic carbocycles. The van der Waals surface area contributed by atoms with Crippen LogP contribution >= 0.6 is 0 Å². The molecule has 1 rings (SSSR count). The predicted octanol–water partition coefficient (Wildman–Crippen LogP) is 2.79. The summed E-state index contributed by atoms with van der Waals surface area (Å²) in [7, 11) is 1.69. The van der Waals surface area contributed by atoms with Crippen LogP contribution in [-0.2, 0) is 9.47 Å². The van der Waals surface area contributed by atoms with Gasteiger partial charge < -0.3 is 19.5 Å². The van der Waals surface area contributed by atoms with Crippen LogP contribution < -0.4 is 10.1 Å². The third kappa shape index (κ3) is 5.49. The fraction of sp³-hybridized carbons (Fsp3) is 0.625. The number of rotatable bonds is 10. The van der Waals surface area contributed by atoms with Gasteiger partial charge in [0, 0.05) is 12.7 Å². The lowest BCUT2D eigenvalue weighted by molar-refractivity contribution is -0.000640. The molecule has 4 nitrogen and oxygen atoms in total. The molecule has 0 aromatic heterocycles. The van der Waals surface area contributed by atoms with E-state index in [2.05, 4.69) is 18.3 Å². The molecule has 20 heavy (non-hydrogen) atoms. The molecule has 0 radical (unpaired) electrons. The molecule has 0 spiro atoms. The van der Waals surface area contributed by atoms with E-state index in [0.717, 1.165) is 17.9 Å². The Morgan fingerprint density at radius 1 is 1.15 bits per heavy atom. The van der Waals surface area contributed by atoms with Crippen molar-refractivity contribution < 1.29 is 14.2 Å². The number of likely N-dealkylation sites (N-methyl/N-ethyl adjacent to an activating group) is 1. The topological polar surface area (TPSA) is 39.7 Å². The highest BCUT2D eigenvalue weighted by atomic mass is 16.5. The first-order chi connectivity index (χ1) is 9.72. The molecule has 0 aliphatic rings. The first-order valence-electron chi connectivity index (χ1n) is 7.28. The third-order valence-electron chi connectivity index (χ3n) is 2.99. The van der Waals surface area contributed by atoms with Crippen molar-refractivity contribution in [2.45, 2.75) is 32.9 Å². The molecule has 2 atom stereocenters. The molecule has 0 bridgehead atoms. The second-order valence-electron chi connectivity index (χ2n) is 4.68. The number of ether oxygens (including phenoxy) is 3. The molecule has 1 N–H and O–H groups in total. The summed E-state index contributed by atoms with van der Waals surface area (Å²) in [5, 5.41) is 3.45. The van der Waals surface area contributed by atoms with Crippen molar-refractivity contribution in [1.29, 1.82) is 0 Å². The van der Waals surface area contributed by atoms with E-state index in [1.54, 1.807) is 7.11 Å². The summed E-state index contributed by atoms with van der Waals surface area (Å²) in [6, 6.07) is 8.24. The molecule has 114 valence electrons. The van der Waals surface area contributed by atoms with Gasteiger partial charge in [0.2, 0.25) is 0 Å². The van der Waals surface area contributed by atoms with Gasteiger partial charge in [0.05, 0.1) is 32.0 Å². The standard InChI is InChI=1S/C16H27NO3/c1-5-17-15(12-20-13(3)11-18-4)14-9-7-8-10-16(14)19-6-2/h7-10,13,15,17H,5-6,11-12H2,1-4H3. The summed E-state index contributed by atoms with van der Waals surface area (Å²) >= 11 is 0. The molecule has 0 fully saturated rings. The van der Waals surface area contributed by atoms with Gasteiger partial charge in [-0.15, -0.1) is 0 Å². The number of methoxy groups -OCH3 is 1. The first-order valence-corrected chi connectivity index (χ1v) is 7.28. The maximum Gasteiger partial charge on any atom is 0.124 e. The van der Waals surface area contributed by atoms with Gasteiger partial charge in [0.1, 0.15) is 5.75 Å². The van der Waals surface area contributed by atoms with Crippen LogP contribution in [0.3, 0.4) is 0 Å². The molecule has 0 aliphatic heterocycles. The number of nitrogens with one attached hydrogen (secondary N) is 1. The van der Waals surface area contributed by atoms with E-state index in [1.165, 1.54) is 0 Å². The summed E-state index contributed by atoms with van der Waals surface area (Å²) in [4.78, 5) is 0. The van der Waals surface area contributed by atoms with Crippen LogP contribution in [0.25, 0.3) is 0 Å². The Kier molecular flexibility index (Phi) is 8.26. The number of hydrogen-bond donors (Lipinski definition) is 1. The van der Waals surface area contributed by atoms with Crippen molar-refractivity contribution >= 4 is 0 Å². The van der Waals surface area contributed by atoms with Crippen LogP contribution in [0.2, 0.25) is 0 Å². The number of para-hydroxylation sites is 1. The summed E-state index contributed by atoms with van der Waals surface area (Å²) in [5.74, 6) is 0.920. The minimum absolute atomic E-state index is 0.0837. The van der Waals surface area contributed by atoms with E-state index >= 15 is 0 Å². The van der Waals surface area contributed by atoms with E-state index in [9.17, 15) is 0 Å². The van der Waals surface area contributed by atoms with Crippen molar-refractivity contribution in [2.24, 2.45) is 0 Å². The highest BCUT2D eigenvalue weighted by molar-refractivity contribution is 5.36. The molecule has 1 aromatic carbocycles. The van der Waals surface area contributed by atoms with Crippen LogP contribution in [0.4, 0.5) is 0 Å². The fourth-order valence-corrected chi connectivity index (χ4v) is 2.10. The number of hydrogen-bond acceptors (Lipinski definition) is 4. The summed E-state index contributed by atoms with van der Waals surface area (Å²) in [5.41, 5.74) is 1.14. The minimum atomic E-state index is 0.0837. The van der Waals surface area contributed by atoms with Gasteiger partial charge in [-0.1, -0.05) is 25.1 Å². The molecule has 2 unspecified atom stereocenters. The lowest BCUT2D eigenvalue weighted by Gasteiger charge is -2.23. The molecule has 0 heterocycles. The highest BCUT2D eigenvalue weighted by Crippen LogP contribution is 2.25. The fourth-order valence-electron chi connectivity index (χ4n) is 2.10. The van der Waals surface area contributed by atoms with E-state index in [1.807, 2.05) is 32.0 Å². The Labute approximate surface area is 122 Å². The van der Waals surface area contributed by atoms with E-state index in [4.69, 9.17) is 14.2 Å². The summed E-state index contributed by atoms with van der Waals surface area (Å²) in [6.07, 6.45) is 0.0837. The third-order valence-corrected chi connectivity index (χ3v) is 2.99. The Morgan fingerprint density at radius 2 is 1.90 bits per heavy atom. The number of benzene rings is 1. The van der Waals surface area contributed by atoms with Crippen LogP contribution in [-0.4, -0.2) is 39.6 Å². The molecule has 0 saturated carbocycles. The maximum atomic E-state index is 5.84. The average Bonchev–Trinajstić information content (AvgIpc) is 2.45. The lowest BCUT2D eigenvalue weighted by atomic mass is 10.1. The van der Waals surface area contributed by atoms with Crippen molar-refractivity contribution in [3.63, 3.8) is 0 Å². The van der Waals surface area contributed by atoms with Gasteiger partial charge in [-0.3, -0.25) is 0 Å². The van der Waals surface area contributed by atoms with E-state index in [0.29, 0.717) is 19.8 Å². The van der Waals surface area contributed by atoms with Gasteiger partial charge in [0.25, 0.3) is 0 Å². The Bertz CT molecular complexity index is 370. The smallest absolute Gasteiger partial charge is 0.124 e. The molecule has 0 amide bonds. The van der Waals surface area contributed by atoms with Crippen molar-refractivity contribution in [1.82, 2.24) is 5.32 Å². The van der Waals surface area contributed by atoms with Crippen LogP contribution in [0.1, 0.15) is 32.4 Å². The SMILES string of the molecule is CCNC(COC(C)COC)c1ccccc1OCC. The zero-order chi connectivity index (χ0) is 14.8. The quantitative estimate of drug-likeness (QED) is 0.716. The monoisotopic (exact) mass is 281 g/mol. The first kappa shape index (κ1) is 17.0. The van der Waals surface area contributed by atoms with Crippen molar-refractivity contribution in [3.05, 3.63) is 29.8 Å². The highest BCUT2D eigenvalue weighted by Gasteiger charge is 2.16. The largest absolute Gasteiger partial charge is 0.494 e. The van der Waals surface area contributed by atoms with Gasteiger partial charge in [0.15, 0.2) is 0 Å². The summed E-state index contributed by atoms with van der Waals surface area (Å²) < 4.78 is 16.6. The normalized spacial score (nSPS) is 14.0. The van der Waals surface area contributed by atoms with Gasteiger partial charge >= 0.3 is 0 Å². The van der Waals surface area contributed by atoms with Gasteiger partial charge in [-0.25, -0.2) is 0 Å². The average molecular weight is 281 g/mol. The molecular formula is C16H27NO3. The van der Waals surface area contributed by atoms with E-state index in [-0.39, 0.29) is 12.1 Å². The van der Waals surface area contributed by atoms with E-state index < -0.39 is 0 Å².